The van der Waals surface area contributed by atoms with Crippen molar-refractivity contribution in [3.63, 3.8) is 0 Å². The summed E-state index contributed by atoms with van der Waals surface area (Å²) in [6.07, 6.45) is 2.01. The van der Waals surface area contributed by atoms with Crippen LogP contribution in [0.25, 0.3) is 0 Å². The number of benzene rings is 1. The van der Waals surface area contributed by atoms with E-state index in [4.69, 9.17) is 9.47 Å². The van der Waals surface area contributed by atoms with Crippen molar-refractivity contribution in [1.82, 2.24) is 10.2 Å². The third kappa shape index (κ3) is 3.53. The van der Waals surface area contributed by atoms with E-state index in [1.165, 1.54) is 0 Å². The van der Waals surface area contributed by atoms with Crippen molar-refractivity contribution in [2.24, 2.45) is 0 Å². The van der Waals surface area contributed by atoms with Gasteiger partial charge in [0.05, 0.1) is 0 Å². The van der Waals surface area contributed by atoms with Gasteiger partial charge in [-0.1, -0.05) is 12.1 Å². The van der Waals surface area contributed by atoms with E-state index in [-0.39, 0.29) is 17.6 Å². The molecule has 3 rings (SSSR count). The molecule has 0 aliphatic carbocycles. The maximum Gasteiger partial charge on any atom is 0.217 e. The molecule has 1 atom stereocenters. The minimum absolute atomic E-state index is 0.0524. The molecule has 0 radical (unpaired) electrons. The molecule has 1 aromatic rings. The van der Waals surface area contributed by atoms with Gasteiger partial charge in [0.2, 0.25) is 5.91 Å². The number of ether oxygens (including phenoxy) is 2. The van der Waals surface area contributed by atoms with Crippen LogP contribution in [0.1, 0.15) is 26.7 Å². The van der Waals surface area contributed by atoms with E-state index < -0.39 is 0 Å². The molecule has 0 aromatic heterocycles. The maximum atomic E-state index is 11.3. The van der Waals surface area contributed by atoms with Crippen LogP contribution in [0.5, 0.6) is 11.5 Å². The topological polar surface area (TPSA) is 50.8 Å². The van der Waals surface area contributed by atoms with Crippen LogP contribution in [0.4, 0.5) is 0 Å². The summed E-state index contributed by atoms with van der Waals surface area (Å²) in [5.41, 5.74) is -0.0706. The number of para-hydroxylation sites is 2. The molecule has 1 aromatic carbocycles. The number of fused-ring (bicyclic) bond motifs is 1. The van der Waals surface area contributed by atoms with Gasteiger partial charge in [-0.05, 0) is 31.9 Å². The Morgan fingerprint density at radius 2 is 2.00 bits per heavy atom. The second-order valence-corrected chi connectivity index (χ2v) is 6.54. The normalized spacial score (nSPS) is 23.8. The molecule has 5 nitrogen and oxygen atoms in total. The molecular formula is C17H24N2O3. The summed E-state index contributed by atoms with van der Waals surface area (Å²) in [6.45, 7) is 7.11. The summed E-state index contributed by atoms with van der Waals surface area (Å²) >= 11 is 0. The summed E-state index contributed by atoms with van der Waals surface area (Å²) < 4.78 is 11.8. The van der Waals surface area contributed by atoms with Gasteiger partial charge in [-0.15, -0.1) is 0 Å². The van der Waals surface area contributed by atoms with Crippen molar-refractivity contribution >= 4 is 5.91 Å². The van der Waals surface area contributed by atoms with Crippen molar-refractivity contribution in [1.29, 1.82) is 0 Å². The number of nitrogens with zero attached hydrogens (tertiary/aromatic N) is 1. The monoisotopic (exact) mass is 304 g/mol. The summed E-state index contributed by atoms with van der Waals surface area (Å²) in [5, 5.41) is 3.07. The fraction of sp³-hybridized carbons (Fsp3) is 0.588. The Labute approximate surface area is 131 Å². The van der Waals surface area contributed by atoms with E-state index >= 15 is 0 Å². The van der Waals surface area contributed by atoms with Gasteiger partial charge in [0, 0.05) is 32.1 Å². The van der Waals surface area contributed by atoms with Gasteiger partial charge in [-0.25, -0.2) is 0 Å². The first kappa shape index (κ1) is 15.2. The maximum absolute atomic E-state index is 11.3. The van der Waals surface area contributed by atoms with E-state index in [9.17, 15) is 4.79 Å². The fourth-order valence-electron chi connectivity index (χ4n) is 3.22. The molecule has 5 heteroatoms. The SMILES string of the molecule is CC(=O)NC1(C)CCN(CC2COc3ccccc3O2)CC1. The Morgan fingerprint density at radius 1 is 1.32 bits per heavy atom. The predicted molar refractivity (Wildman–Crippen MR) is 84.2 cm³/mol. The van der Waals surface area contributed by atoms with Crippen molar-refractivity contribution in [3.05, 3.63) is 24.3 Å². The lowest BCUT2D eigenvalue weighted by Gasteiger charge is -2.41. The molecule has 0 spiro atoms. The lowest BCUT2D eigenvalue weighted by Crippen LogP contribution is -2.54. The number of likely N-dealkylation sites (tertiary alicyclic amines) is 1. The van der Waals surface area contributed by atoms with Crippen molar-refractivity contribution < 1.29 is 14.3 Å². The van der Waals surface area contributed by atoms with Crippen LogP contribution in [0.2, 0.25) is 0 Å². The molecule has 2 aliphatic rings. The number of hydrogen-bond donors (Lipinski definition) is 1. The molecule has 1 amide bonds. The molecule has 1 fully saturated rings. The standard InChI is InChI=1S/C17H24N2O3/c1-13(20)18-17(2)7-9-19(10-8-17)11-14-12-21-15-5-3-4-6-16(15)22-14/h3-6,14H,7-12H2,1-2H3,(H,18,20). The Morgan fingerprint density at radius 3 is 2.68 bits per heavy atom. The molecular weight excluding hydrogens is 280 g/mol. The second kappa shape index (κ2) is 6.16. The zero-order valence-corrected chi connectivity index (χ0v) is 13.3. The van der Waals surface area contributed by atoms with Gasteiger partial charge in [0.25, 0.3) is 0 Å². The average molecular weight is 304 g/mol. The molecule has 2 heterocycles. The largest absolute Gasteiger partial charge is 0.486 e. The van der Waals surface area contributed by atoms with Crippen LogP contribution in [0.15, 0.2) is 24.3 Å². The second-order valence-electron chi connectivity index (χ2n) is 6.54. The van der Waals surface area contributed by atoms with Gasteiger partial charge >= 0.3 is 0 Å². The highest BCUT2D eigenvalue weighted by molar-refractivity contribution is 5.73. The molecule has 1 saturated heterocycles. The third-order valence-electron chi connectivity index (χ3n) is 4.47. The molecule has 22 heavy (non-hydrogen) atoms. The summed E-state index contributed by atoms with van der Waals surface area (Å²) in [5.74, 6) is 1.71. The zero-order chi connectivity index (χ0) is 15.6. The quantitative estimate of drug-likeness (QED) is 0.925. The van der Waals surface area contributed by atoms with Crippen molar-refractivity contribution in [2.75, 3.05) is 26.2 Å². The average Bonchev–Trinajstić information content (AvgIpc) is 2.49. The summed E-state index contributed by atoms with van der Waals surface area (Å²) in [7, 11) is 0. The highest BCUT2D eigenvalue weighted by Gasteiger charge is 2.32. The Hall–Kier alpha value is -1.75. The lowest BCUT2D eigenvalue weighted by atomic mass is 9.89. The highest BCUT2D eigenvalue weighted by Crippen LogP contribution is 2.31. The van der Waals surface area contributed by atoms with E-state index in [1.54, 1.807) is 6.92 Å². The van der Waals surface area contributed by atoms with E-state index in [0.717, 1.165) is 44.0 Å². The molecule has 1 N–H and O–H groups in total. The van der Waals surface area contributed by atoms with Crippen molar-refractivity contribution in [2.45, 2.75) is 38.3 Å². The predicted octanol–water partition coefficient (Wildman–Crippen LogP) is 1.82. The number of carbonyl (C=O) groups excluding carboxylic acids is 1. The summed E-state index contributed by atoms with van der Waals surface area (Å²) in [4.78, 5) is 13.7. The van der Waals surface area contributed by atoms with Crippen LogP contribution in [0.3, 0.4) is 0 Å². The van der Waals surface area contributed by atoms with Gasteiger partial charge < -0.3 is 14.8 Å². The smallest absolute Gasteiger partial charge is 0.217 e. The number of rotatable bonds is 3. The fourth-order valence-corrected chi connectivity index (χ4v) is 3.22. The molecule has 2 aliphatic heterocycles. The van der Waals surface area contributed by atoms with E-state index in [0.29, 0.717) is 6.61 Å². The molecule has 1 unspecified atom stereocenters. The minimum Gasteiger partial charge on any atom is -0.486 e. The van der Waals surface area contributed by atoms with Gasteiger partial charge in [0.15, 0.2) is 11.5 Å². The van der Waals surface area contributed by atoms with E-state index in [2.05, 4.69) is 17.1 Å². The number of piperidine rings is 1. The van der Waals surface area contributed by atoms with Gasteiger partial charge in [-0.2, -0.15) is 0 Å². The first-order valence-electron chi connectivity index (χ1n) is 7.94. The van der Waals surface area contributed by atoms with Crippen molar-refractivity contribution in [3.8, 4) is 11.5 Å². The first-order chi connectivity index (χ1) is 10.5. The first-order valence-corrected chi connectivity index (χ1v) is 7.94. The van der Waals surface area contributed by atoms with Crippen LogP contribution in [-0.4, -0.2) is 48.7 Å². The van der Waals surface area contributed by atoms with Crippen LogP contribution in [-0.2, 0) is 4.79 Å². The molecule has 0 bridgehead atoms. The zero-order valence-electron chi connectivity index (χ0n) is 13.3. The van der Waals surface area contributed by atoms with Crippen LogP contribution < -0.4 is 14.8 Å². The van der Waals surface area contributed by atoms with Gasteiger partial charge in [-0.3, -0.25) is 9.69 Å². The molecule has 120 valence electrons. The number of carbonyl (C=O) groups is 1. The molecule has 0 saturated carbocycles. The Bertz CT molecular complexity index is 538. The number of nitrogens with one attached hydrogen (secondary N) is 1. The van der Waals surface area contributed by atoms with Gasteiger partial charge in [0.1, 0.15) is 12.7 Å². The lowest BCUT2D eigenvalue weighted by molar-refractivity contribution is -0.121. The highest BCUT2D eigenvalue weighted by atomic mass is 16.6. The third-order valence-corrected chi connectivity index (χ3v) is 4.47. The number of hydrogen-bond acceptors (Lipinski definition) is 4. The minimum atomic E-state index is -0.0706. The summed E-state index contributed by atoms with van der Waals surface area (Å²) in [6, 6.07) is 7.80. The Kier molecular flexibility index (Phi) is 4.25. The Balaban J connectivity index is 1.51. The number of amides is 1. The van der Waals surface area contributed by atoms with E-state index in [1.807, 2.05) is 24.3 Å². The van der Waals surface area contributed by atoms with Crippen LogP contribution >= 0.6 is 0 Å². The van der Waals surface area contributed by atoms with Crippen LogP contribution in [0, 0.1) is 0 Å².